The van der Waals surface area contributed by atoms with Gasteiger partial charge in [0.15, 0.2) is 0 Å². The number of rotatable bonds is 6. The van der Waals surface area contributed by atoms with Crippen LogP contribution in [-0.4, -0.2) is 21.8 Å². The first-order valence-corrected chi connectivity index (χ1v) is 7.72. The van der Waals surface area contributed by atoms with Gasteiger partial charge in [0, 0.05) is 28.3 Å². The summed E-state index contributed by atoms with van der Waals surface area (Å²) in [4.78, 5) is 0. The second-order valence-electron chi connectivity index (χ2n) is 4.97. The van der Waals surface area contributed by atoms with Gasteiger partial charge in [-0.2, -0.15) is 0 Å². The van der Waals surface area contributed by atoms with Crippen molar-refractivity contribution in [1.82, 2.24) is 0 Å². The maximum Gasteiger partial charge on any atom is 0.0389 e. The summed E-state index contributed by atoms with van der Waals surface area (Å²) >= 11 is 0. The van der Waals surface area contributed by atoms with Gasteiger partial charge in [0.2, 0.25) is 0 Å². The van der Waals surface area contributed by atoms with Crippen LogP contribution >= 0.6 is 0 Å². The molecule has 0 aromatic carbocycles. The van der Waals surface area contributed by atoms with Crippen LogP contribution in [-0.2, 0) is 10.8 Å². The van der Waals surface area contributed by atoms with Gasteiger partial charge in [-0.05, 0) is 24.7 Å². The fraction of sp³-hybridized carbons (Fsp3) is 1.00. The summed E-state index contributed by atoms with van der Waals surface area (Å²) in [6, 6.07) is 0.122. The molecule has 0 aromatic heterocycles. The summed E-state index contributed by atoms with van der Waals surface area (Å²) in [6.07, 6.45) is 6.31. The van der Waals surface area contributed by atoms with Crippen LogP contribution in [0.4, 0.5) is 0 Å². The van der Waals surface area contributed by atoms with Crippen molar-refractivity contribution in [3.63, 3.8) is 0 Å². The SMILES string of the molecule is CCC(C)C(N)CS(=O)CC1CCCC1. The highest BCUT2D eigenvalue weighted by Crippen LogP contribution is 2.25. The van der Waals surface area contributed by atoms with Crippen LogP contribution in [0.3, 0.4) is 0 Å². The first-order valence-electron chi connectivity index (χ1n) is 6.24. The molecule has 3 atom stereocenters. The fourth-order valence-electron chi connectivity index (χ4n) is 2.19. The van der Waals surface area contributed by atoms with Crippen LogP contribution < -0.4 is 5.73 Å². The highest BCUT2D eigenvalue weighted by molar-refractivity contribution is 7.85. The smallest absolute Gasteiger partial charge is 0.0389 e. The first-order chi connectivity index (χ1) is 7.13. The quantitative estimate of drug-likeness (QED) is 0.762. The molecule has 3 unspecified atom stereocenters. The Morgan fingerprint density at radius 2 is 2.00 bits per heavy atom. The standard InChI is InChI=1S/C12H25NOS/c1-3-10(2)12(13)9-15(14)8-11-6-4-5-7-11/h10-12H,3-9,13H2,1-2H3. The third-order valence-corrected chi connectivity index (χ3v) is 5.25. The zero-order valence-corrected chi connectivity index (χ0v) is 10.9. The van der Waals surface area contributed by atoms with Crippen molar-refractivity contribution in [2.24, 2.45) is 17.6 Å². The fourth-order valence-corrected chi connectivity index (χ4v) is 3.94. The van der Waals surface area contributed by atoms with Crippen molar-refractivity contribution >= 4 is 10.8 Å². The Hall–Kier alpha value is 0.110. The topological polar surface area (TPSA) is 43.1 Å². The molecular formula is C12H25NOS. The molecule has 1 saturated carbocycles. The van der Waals surface area contributed by atoms with Gasteiger partial charge in [0.25, 0.3) is 0 Å². The largest absolute Gasteiger partial charge is 0.327 e. The van der Waals surface area contributed by atoms with E-state index >= 15 is 0 Å². The van der Waals surface area contributed by atoms with Crippen LogP contribution in [0.25, 0.3) is 0 Å². The Balaban J connectivity index is 2.22. The molecule has 2 nitrogen and oxygen atoms in total. The van der Waals surface area contributed by atoms with E-state index in [1.807, 2.05) is 0 Å². The molecule has 1 aliphatic carbocycles. The van der Waals surface area contributed by atoms with E-state index in [0.29, 0.717) is 11.7 Å². The first kappa shape index (κ1) is 13.2. The average Bonchev–Trinajstić information content (AvgIpc) is 2.68. The van der Waals surface area contributed by atoms with Gasteiger partial charge in [0.05, 0.1) is 0 Å². The maximum absolute atomic E-state index is 11.9. The van der Waals surface area contributed by atoms with Gasteiger partial charge >= 0.3 is 0 Å². The summed E-state index contributed by atoms with van der Waals surface area (Å²) in [5.41, 5.74) is 6.01. The lowest BCUT2D eigenvalue weighted by Gasteiger charge is -2.18. The van der Waals surface area contributed by atoms with Crippen LogP contribution in [0, 0.1) is 11.8 Å². The van der Waals surface area contributed by atoms with E-state index in [0.717, 1.165) is 18.1 Å². The number of hydrogen-bond acceptors (Lipinski definition) is 2. The molecule has 1 rings (SSSR count). The minimum atomic E-state index is -0.687. The van der Waals surface area contributed by atoms with Gasteiger partial charge in [-0.1, -0.05) is 33.1 Å². The molecule has 1 aliphatic rings. The van der Waals surface area contributed by atoms with Crippen LogP contribution in [0.15, 0.2) is 0 Å². The molecule has 0 aliphatic heterocycles. The minimum absolute atomic E-state index is 0.122. The van der Waals surface area contributed by atoms with Crippen molar-refractivity contribution in [3.05, 3.63) is 0 Å². The molecule has 0 bridgehead atoms. The molecule has 0 aromatic rings. The molecular weight excluding hydrogens is 206 g/mol. The van der Waals surface area contributed by atoms with Crippen molar-refractivity contribution in [3.8, 4) is 0 Å². The predicted octanol–water partition coefficient (Wildman–Crippen LogP) is 2.30. The zero-order chi connectivity index (χ0) is 11.3. The lowest BCUT2D eigenvalue weighted by atomic mass is 10.0. The second-order valence-corrected chi connectivity index (χ2v) is 6.52. The van der Waals surface area contributed by atoms with Crippen molar-refractivity contribution < 1.29 is 4.21 Å². The third kappa shape index (κ3) is 4.64. The molecule has 0 radical (unpaired) electrons. The van der Waals surface area contributed by atoms with Crippen molar-refractivity contribution in [1.29, 1.82) is 0 Å². The third-order valence-electron chi connectivity index (χ3n) is 3.65. The molecule has 3 heteroatoms. The van der Waals surface area contributed by atoms with Crippen LogP contribution in [0.2, 0.25) is 0 Å². The molecule has 0 spiro atoms. The molecule has 0 saturated heterocycles. The molecule has 15 heavy (non-hydrogen) atoms. The molecule has 2 N–H and O–H groups in total. The summed E-state index contributed by atoms with van der Waals surface area (Å²) < 4.78 is 11.9. The molecule has 0 amide bonds. The van der Waals surface area contributed by atoms with Gasteiger partial charge in [-0.3, -0.25) is 4.21 Å². The number of nitrogens with two attached hydrogens (primary N) is 1. The summed E-state index contributed by atoms with van der Waals surface area (Å²) in [5, 5.41) is 0. The monoisotopic (exact) mass is 231 g/mol. The van der Waals surface area contributed by atoms with Gasteiger partial charge in [-0.15, -0.1) is 0 Å². The van der Waals surface area contributed by atoms with E-state index in [4.69, 9.17) is 5.73 Å². The normalized spacial score (nSPS) is 23.9. The lowest BCUT2D eigenvalue weighted by molar-refractivity contribution is 0.471. The predicted molar refractivity (Wildman–Crippen MR) is 67.3 cm³/mol. The second kappa shape index (κ2) is 6.64. The highest BCUT2D eigenvalue weighted by atomic mass is 32.2. The molecule has 0 heterocycles. The minimum Gasteiger partial charge on any atom is -0.327 e. The highest BCUT2D eigenvalue weighted by Gasteiger charge is 2.20. The van der Waals surface area contributed by atoms with E-state index in [2.05, 4.69) is 13.8 Å². The van der Waals surface area contributed by atoms with E-state index < -0.39 is 10.8 Å². The average molecular weight is 231 g/mol. The van der Waals surface area contributed by atoms with Crippen LogP contribution in [0.5, 0.6) is 0 Å². The van der Waals surface area contributed by atoms with Crippen molar-refractivity contribution in [2.75, 3.05) is 11.5 Å². The Kier molecular flexibility index (Phi) is 5.83. The van der Waals surface area contributed by atoms with Crippen molar-refractivity contribution in [2.45, 2.75) is 52.0 Å². The van der Waals surface area contributed by atoms with E-state index in [1.54, 1.807) is 0 Å². The van der Waals surface area contributed by atoms with E-state index in [9.17, 15) is 4.21 Å². The summed E-state index contributed by atoms with van der Waals surface area (Å²) in [7, 11) is -0.687. The Morgan fingerprint density at radius 1 is 1.40 bits per heavy atom. The van der Waals surface area contributed by atoms with Crippen LogP contribution in [0.1, 0.15) is 46.0 Å². The Morgan fingerprint density at radius 3 is 2.53 bits per heavy atom. The summed E-state index contributed by atoms with van der Waals surface area (Å²) in [5.74, 6) is 2.81. The molecule has 1 fully saturated rings. The Labute approximate surface area is 96.5 Å². The molecule has 90 valence electrons. The van der Waals surface area contributed by atoms with E-state index in [-0.39, 0.29) is 6.04 Å². The zero-order valence-electron chi connectivity index (χ0n) is 10.1. The summed E-state index contributed by atoms with van der Waals surface area (Å²) in [6.45, 7) is 4.29. The van der Waals surface area contributed by atoms with Gasteiger partial charge < -0.3 is 5.73 Å². The Bertz CT molecular complexity index is 202. The number of hydrogen-bond donors (Lipinski definition) is 1. The van der Waals surface area contributed by atoms with Gasteiger partial charge in [-0.25, -0.2) is 0 Å². The van der Waals surface area contributed by atoms with Gasteiger partial charge in [0.1, 0.15) is 0 Å². The van der Waals surface area contributed by atoms with E-state index in [1.165, 1.54) is 25.7 Å². The maximum atomic E-state index is 11.9. The lowest BCUT2D eigenvalue weighted by Crippen LogP contribution is -2.34.